The minimum atomic E-state index is 0.692. The van der Waals surface area contributed by atoms with E-state index in [1.165, 1.54) is 0 Å². The van der Waals surface area contributed by atoms with Gasteiger partial charge in [0.1, 0.15) is 5.75 Å². The molecule has 5 heteroatoms. The van der Waals surface area contributed by atoms with Crippen LogP contribution in [0.15, 0.2) is 71.6 Å². The predicted octanol–water partition coefficient (Wildman–Crippen LogP) is 5.30. The van der Waals surface area contributed by atoms with Crippen LogP contribution < -0.4 is 9.54 Å². The zero-order valence-corrected chi connectivity index (χ0v) is 14.8. The topological polar surface area (TPSA) is 26.5 Å². The zero-order valence-electron chi connectivity index (χ0n) is 13.3. The summed E-state index contributed by atoms with van der Waals surface area (Å²) in [5.74, 6) is 0.843. The van der Waals surface area contributed by atoms with Gasteiger partial charge in [-0.25, -0.2) is 4.99 Å². The maximum Gasteiger partial charge on any atom is 0.190 e. The molecule has 0 bridgehead atoms. The van der Waals surface area contributed by atoms with Gasteiger partial charge in [0, 0.05) is 16.9 Å². The summed E-state index contributed by atoms with van der Waals surface area (Å²) in [6.07, 6.45) is 1.88. The Bertz CT molecular complexity index is 892. The van der Waals surface area contributed by atoms with Crippen molar-refractivity contribution in [2.75, 3.05) is 7.11 Å². The van der Waals surface area contributed by atoms with E-state index in [4.69, 9.17) is 21.3 Å². The van der Waals surface area contributed by atoms with Gasteiger partial charge in [-0.15, -0.1) is 17.9 Å². The van der Waals surface area contributed by atoms with Gasteiger partial charge in [-0.2, -0.15) is 0 Å². The molecule has 0 saturated heterocycles. The Balaban J connectivity index is 2.06. The van der Waals surface area contributed by atoms with Crippen LogP contribution in [0.3, 0.4) is 0 Å². The molecule has 1 aromatic heterocycles. The molecule has 0 aliphatic carbocycles. The smallest absolute Gasteiger partial charge is 0.190 e. The number of hydrogen-bond acceptors (Lipinski definition) is 3. The largest absolute Gasteiger partial charge is 0.497 e. The van der Waals surface area contributed by atoms with Crippen molar-refractivity contribution >= 4 is 28.6 Å². The van der Waals surface area contributed by atoms with E-state index in [2.05, 4.69) is 16.5 Å². The molecule has 0 fully saturated rings. The second-order valence-electron chi connectivity index (χ2n) is 5.12. The van der Waals surface area contributed by atoms with Crippen LogP contribution in [-0.2, 0) is 6.54 Å². The predicted molar refractivity (Wildman–Crippen MR) is 101 cm³/mol. The van der Waals surface area contributed by atoms with Gasteiger partial charge in [0.25, 0.3) is 0 Å². The van der Waals surface area contributed by atoms with Crippen LogP contribution in [-0.4, -0.2) is 11.7 Å². The first-order valence-corrected chi connectivity index (χ1v) is 8.71. The van der Waals surface area contributed by atoms with E-state index in [9.17, 15) is 0 Å². The first-order chi connectivity index (χ1) is 11.7. The van der Waals surface area contributed by atoms with E-state index >= 15 is 0 Å². The van der Waals surface area contributed by atoms with Crippen LogP contribution in [0.25, 0.3) is 11.3 Å². The number of methoxy groups -OCH3 is 1. The maximum atomic E-state index is 5.94. The Morgan fingerprint density at radius 3 is 2.50 bits per heavy atom. The normalized spacial score (nSPS) is 11.5. The molecule has 0 radical (unpaired) electrons. The van der Waals surface area contributed by atoms with Gasteiger partial charge in [-0.1, -0.05) is 17.7 Å². The Kier molecular flexibility index (Phi) is 5.18. The van der Waals surface area contributed by atoms with Gasteiger partial charge in [0.2, 0.25) is 0 Å². The lowest BCUT2D eigenvalue weighted by Gasteiger charge is -2.07. The number of nitrogens with zero attached hydrogens (tertiary/aromatic N) is 2. The molecule has 3 aromatic rings. The summed E-state index contributed by atoms with van der Waals surface area (Å²) in [6.45, 7) is 4.55. The molecule has 0 spiro atoms. The van der Waals surface area contributed by atoms with Crippen LogP contribution in [0, 0.1) is 0 Å². The van der Waals surface area contributed by atoms with Crippen LogP contribution in [0.2, 0.25) is 5.02 Å². The van der Waals surface area contributed by atoms with E-state index in [0.717, 1.165) is 27.5 Å². The Hall–Kier alpha value is -2.30. The highest BCUT2D eigenvalue weighted by molar-refractivity contribution is 7.07. The lowest BCUT2D eigenvalue weighted by Crippen LogP contribution is -2.14. The number of hydrogen-bond donors (Lipinski definition) is 0. The van der Waals surface area contributed by atoms with Crippen molar-refractivity contribution in [3.8, 4) is 17.0 Å². The number of aromatic nitrogens is 1. The second kappa shape index (κ2) is 7.51. The number of allylic oxidation sites excluding steroid dienone is 1. The minimum absolute atomic E-state index is 0.692. The Morgan fingerprint density at radius 1 is 1.17 bits per heavy atom. The molecule has 2 aromatic carbocycles. The average Bonchev–Trinajstić information content (AvgIpc) is 3.00. The summed E-state index contributed by atoms with van der Waals surface area (Å²) in [6, 6.07) is 15.5. The fraction of sp³-hybridized carbons (Fsp3) is 0.105. The summed E-state index contributed by atoms with van der Waals surface area (Å²) in [5.41, 5.74) is 3.10. The van der Waals surface area contributed by atoms with Crippen LogP contribution in [0.1, 0.15) is 0 Å². The Morgan fingerprint density at radius 2 is 1.88 bits per heavy atom. The highest BCUT2D eigenvalue weighted by atomic mass is 35.5. The summed E-state index contributed by atoms with van der Waals surface area (Å²) in [7, 11) is 1.67. The van der Waals surface area contributed by atoms with Gasteiger partial charge in [-0.3, -0.25) is 0 Å². The molecule has 3 rings (SSSR count). The molecule has 0 atom stereocenters. The zero-order chi connectivity index (χ0) is 16.9. The molecule has 0 N–H and O–H groups in total. The Labute approximate surface area is 150 Å². The van der Waals surface area contributed by atoms with Crippen molar-refractivity contribution in [3.05, 3.63) is 76.4 Å². The van der Waals surface area contributed by atoms with Crippen molar-refractivity contribution in [3.63, 3.8) is 0 Å². The summed E-state index contributed by atoms with van der Waals surface area (Å²) in [4.78, 5) is 5.65. The maximum absolute atomic E-state index is 5.94. The van der Waals surface area contributed by atoms with E-state index in [1.54, 1.807) is 18.4 Å². The molecule has 24 heavy (non-hydrogen) atoms. The molecule has 1 heterocycles. The standard InChI is InChI=1S/C19H17ClN2OS/c1-3-12-22-18(14-4-10-17(23-2)11-5-14)13-24-19(22)21-16-8-6-15(20)7-9-16/h3-11,13H,1,12H2,2H3. The summed E-state index contributed by atoms with van der Waals surface area (Å²) in [5, 5.41) is 2.82. The number of rotatable bonds is 5. The van der Waals surface area contributed by atoms with Crippen molar-refractivity contribution in [2.24, 2.45) is 4.99 Å². The number of halogens is 1. The fourth-order valence-electron chi connectivity index (χ4n) is 2.34. The SMILES string of the molecule is C=CCn1c(-c2ccc(OC)cc2)csc1=Nc1ccc(Cl)cc1. The third kappa shape index (κ3) is 3.61. The first kappa shape index (κ1) is 16.6. The highest BCUT2D eigenvalue weighted by Gasteiger charge is 2.07. The third-order valence-corrected chi connectivity index (χ3v) is 4.66. The van der Waals surface area contributed by atoms with E-state index in [0.29, 0.717) is 11.6 Å². The van der Waals surface area contributed by atoms with Crippen LogP contribution in [0.5, 0.6) is 5.75 Å². The van der Waals surface area contributed by atoms with Crippen molar-refractivity contribution < 1.29 is 4.74 Å². The molecule has 0 aliphatic heterocycles. The van der Waals surface area contributed by atoms with Gasteiger partial charge >= 0.3 is 0 Å². The fourth-order valence-corrected chi connectivity index (χ4v) is 3.41. The molecule has 0 saturated carbocycles. The minimum Gasteiger partial charge on any atom is -0.497 e. The van der Waals surface area contributed by atoms with Gasteiger partial charge in [-0.05, 0) is 54.1 Å². The molecule has 122 valence electrons. The second-order valence-corrected chi connectivity index (χ2v) is 6.39. The number of ether oxygens (including phenoxy) is 1. The van der Waals surface area contributed by atoms with Crippen molar-refractivity contribution in [1.29, 1.82) is 0 Å². The lowest BCUT2D eigenvalue weighted by atomic mass is 10.1. The molecular formula is C19H17ClN2OS. The average molecular weight is 357 g/mol. The summed E-state index contributed by atoms with van der Waals surface area (Å²) < 4.78 is 7.37. The molecular weight excluding hydrogens is 340 g/mol. The van der Waals surface area contributed by atoms with E-state index in [1.807, 2.05) is 54.6 Å². The quantitative estimate of drug-likeness (QED) is 0.570. The van der Waals surface area contributed by atoms with Gasteiger partial charge in [0.05, 0.1) is 18.5 Å². The number of thiazole rings is 1. The van der Waals surface area contributed by atoms with Crippen LogP contribution >= 0.6 is 22.9 Å². The number of benzene rings is 2. The van der Waals surface area contributed by atoms with E-state index in [-0.39, 0.29) is 0 Å². The summed E-state index contributed by atoms with van der Waals surface area (Å²) >= 11 is 7.54. The van der Waals surface area contributed by atoms with Crippen molar-refractivity contribution in [2.45, 2.75) is 6.54 Å². The van der Waals surface area contributed by atoms with Crippen molar-refractivity contribution in [1.82, 2.24) is 4.57 Å². The molecule has 0 aliphatic rings. The van der Waals surface area contributed by atoms with Gasteiger partial charge < -0.3 is 9.30 Å². The van der Waals surface area contributed by atoms with E-state index < -0.39 is 0 Å². The van der Waals surface area contributed by atoms with Gasteiger partial charge in [0.15, 0.2) is 4.80 Å². The lowest BCUT2D eigenvalue weighted by molar-refractivity contribution is 0.415. The molecule has 0 amide bonds. The third-order valence-electron chi connectivity index (χ3n) is 3.55. The van der Waals surface area contributed by atoms with Crippen LogP contribution in [0.4, 0.5) is 5.69 Å². The highest BCUT2D eigenvalue weighted by Crippen LogP contribution is 2.24. The monoisotopic (exact) mass is 356 g/mol. The molecule has 0 unspecified atom stereocenters. The first-order valence-electron chi connectivity index (χ1n) is 7.45. The molecule has 3 nitrogen and oxygen atoms in total.